The van der Waals surface area contributed by atoms with Gasteiger partial charge >= 0.3 is 0 Å². The first kappa shape index (κ1) is 20.9. The first-order valence-corrected chi connectivity index (χ1v) is 11.1. The standard InChI is InChI=1S/C26H24N2O2S/c1-4-19-12-8-9-15-21(19)27-23-24(31-20-13-6-5-7-14-20)26(30)28(25(23)29)22-16-10-11-17(2)18(22)3/h5-16,27H,4H2,1-3H3. The third-order valence-electron chi connectivity index (χ3n) is 5.48. The number of hydrogen-bond donors (Lipinski definition) is 1. The number of rotatable bonds is 6. The van der Waals surface area contributed by atoms with Crippen molar-refractivity contribution in [2.45, 2.75) is 32.1 Å². The Bertz CT molecular complexity index is 1190. The summed E-state index contributed by atoms with van der Waals surface area (Å²) in [7, 11) is 0. The van der Waals surface area contributed by atoms with E-state index in [0.717, 1.165) is 33.7 Å². The van der Waals surface area contributed by atoms with Gasteiger partial charge in [0.1, 0.15) is 10.6 Å². The molecule has 0 spiro atoms. The molecule has 3 aromatic carbocycles. The Balaban J connectivity index is 1.80. The fraction of sp³-hybridized carbons (Fsp3) is 0.154. The molecule has 0 fully saturated rings. The highest BCUT2D eigenvalue weighted by atomic mass is 32.2. The Morgan fingerprint density at radius 2 is 1.55 bits per heavy atom. The summed E-state index contributed by atoms with van der Waals surface area (Å²) in [6.07, 6.45) is 0.820. The van der Waals surface area contributed by atoms with E-state index in [1.54, 1.807) is 0 Å². The number of carbonyl (C=O) groups excluding carboxylic acids is 2. The Labute approximate surface area is 187 Å². The van der Waals surface area contributed by atoms with Crippen LogP contribution in [-0.2, 0) is 16.0 Å². The number of anilines is 2. The van der Waals surface area contributed by atoms with Crippen molar-refractivity contribution in [3.63, 3.8) is 0 Å². The number of nitrogens with zero attached hydrogens (tertiary/aromatic N) is 1. The number of carbonyl (C=O) groups is 2. The van der Waals surface area contributed by atoms with E-state index < -0.39 is 0 Å². The number of hydrogen-bond acceptors (Lipinski definition) is 4. The van der Waals surface area contributed by atoms with E-state index in [4.69, 9.17) is 0 Å². The molecular formula is C26H24N2O2S. The maximum absolute atomic E-state index is 13.6. The van der Waals surface area contributed by atoms with Gasteiger partial charge in [-0.1, -0.05) is 67.2 Å². The summed E-state index contributed by atoms with van der Waals surface area (Å²) in [5.74, 6) is -0.632. The molecule has 1 aliphatic rings. The van der Waals surface area contributed by atoms with Crippen LogP contribution >= 0.6 is 11.8 Å². The van der Waals surface area contributed by atoms with Crippen molar-refractivity contribution in [1.82, 2.24) is 0 Å². The molecule has 0 atom stereocenters. The van der Waals surface area contributed by atoms with Crippen LogP contribution < -0.4 is 10.2 Å². The number of thioether (sulfide) groups is 1. The summed E-state index contributed by atoms with van der Waals surface area (Å²) in [5.41, 5.74) is 4.83. The fourth-order valence-electron chi connectivity index (χ4n) is 3.60. The van der Waals surface area contributed by atoms with Crippen molar-refractivity contribution in [2.75, 3.05) is 10.2 Å². The lowest BCUT2D eigenvalue weighted by molar-refractivity contribution is -0.120. The number of imide groups is 1. The summed E-state index contributed by atoms with van der Waals surface area (Å²) in [5, 5.41) is 3.29. The van der Waals surface area contributed by atoms with E-state index in [0.29, 0.717) is 16.3 Å². The topological polar surface area (TPSA) is 49.4 Å². The molecule has 1 N–H and O–H groups in total. The molecule has 0 radical (unpaired) electrons. The van der Waals surface area contributed by atoms with Crippen molar-refractivity contribution in [2.24, 2.45) is 0 Å². The highest BCUT2D eigenvalue weighted by Gasteiger charge is 2.41. The molecule has 0 saturated carbocycles. The molecule has 0 saturated heterocycles. The van der Waals surface area contributed by atoms with Crippen molar-refractivity contribution in [3.8, 4) is 0 Å². The molecule has 0 unspecified atom stereocenters. The molecule has 1 heterocycles. The van der Waals surface area contributed by atoms with Crippen LogP contribution in [0.3, 0.4) is 0 Å². The molecule has 31 heavy (non-hydrogen) atoms. The van der Waals surface area contributed by atoms with Crippen LogP contribution in [0.1, 0.15) is 23.6 Å². The number of amides is 2. The maximum atomic E-state index is 13.6. The SMILES string of the molecule is CCc1ccccc1NC1=C(Sc2ccccc2)C(=O)N(c2cccc(C)c2C)C1=O. The van der Waals surface area contributed by atoms with Gasteiger partial charge in [-0.25, -0.2) is 4.90 Å². The van der Waals surface area contributed by atoms with E-state index in [1.165, 1.54) is 16.7 Å². The van der Waals surface area contributed by atoms with Gasteiger partial charge in [0, 0.05) is 10.6 Å². The average molecular weight is 429 g/mol. The average Bonchev–Trinajstić information content (AvgIpc) is 3.01. The summed E-state index contributed by atoms with van der Waals surface area (Å²) in [4.78, 5) is 29.7. The summed E-state index contributed by atoms with van der Waals surface area (Å²) in [6, 6.07) is 23.2. The smallest absolute Gasteiger partial charge is 0.283 e. The molecule has 4 rings (SSSR count). The van der Waals surface area contributed by atoms with E-state index in [2.05, 4.69) is 12.2 Å². The van der Waals surface area contributed by atoms with Gasteiger partial charge in [0.25, 0.3) is 11.8 Å². The van der Waals surface area contributed by atoms with E-state index in [-0.39, 0.29) is 11.8 Å². The van der Waals surface area contributed by atoms with Gasteiger partial charge < -0.3 is 5.32 Å². The zero-order valence-corrected chi connectivity index (χ0v) is 18.6. The van der Waals surface area contributed by atoms with Crippen LogP contribution in [0.25, 0.3) is 0 Å². The molecule has 4 nitrogen and oxygen atoms in total. The predicted octanol–water partition coefficient (Wildman–Crippen LogP) is 5.86. The number of nitrogens with one attached hydrogen (secondary N) is 1. The third kappa shape index (κ3) is 4.01. The van der Waals surface area contributed by atoms with Gasteiger partial charge in [-0.15, -0.1) is 0 Å². The number of para-hydroxylation sites is 1. The van der Waals surface area contributed by atoms with Crippen molar-refractivity contribution in [1.29, 1.82) is 0 Å². The zero-order chi connectivity index (χ0) is 22.0. The second kappa shape index (κ2) is 8.82. The normalized spacial score (nSPS) is 13.8. The van der Waals surface area contributed by atoms with Crippen LogP contribution in [0.4, 0.5) is 11.4 Å². The molecular weight excluding hydrogens is 404 g/mol. The molecule has 0 aromatic heterocycles. The lowest BCUT2D eigenvalue weighted by atomic mass is 10.1. The first-order chi connectivity index (χ1) is 15.0. The Kier molecular flexibility index (Phi) is 5.96. The van der Waals surface area contributed by atoms with Crippen LogP contribution in [-0.4, -0.2) is 11.8 Å². The molecule has 1 aliphatic heterocycles. The third-order valence-corrected chi connectivity index (χ3v) is 6.57. The second-order valence-electron chi connectivity index (χ2n) is 7.42. The predicted molar refractivity (Wildman–Crippen MR) is 127 cm³/mol. The first-order valence-electron chi connectivity index (χ1n) is 10.3. The molecule has 156 valence electrons. The van der Waals surface area contributed by atoms with Crippen LogP contribution in [0.15, 0.2) is 88.3 Å². The molecule has 0 bridgehead atoms. The van der Waals surface area contributed by atoms with E-state index in [1.807, 2.05) is 86.6 Å². The maximum Gasteiger partial charge on any atom is 0.283 e. The quantitative estimate of drug-likeness (QED) is 0.500. The monoisotopic (exact) mass is 428 g/mol. The zero-order valence-electron chi connectivity index (χ0n) is 17.8. The Morgan fingerprint density at radius 3 is 2.29 bits per heavy atom. The van der Waals surface area contributed by atoms with Crippen molar-refractivity contribution in [3.05, 3.63) is 100 Å². The van der Waals surface area contributed by atoms with Crippen molar-refractivity contribution >= 4 is 35.0 Å². The summed E-state index contributed by atoms with van der Waals surface area (Å²) < 4.78 is 0. The second-order valence-corrected chi connectivity index (χ2v) is 8.50. The highest BCUT2D eigenvalue weighted by Crippen LogP contribution is 2.39. The van der Waals surface area contributed by atoms with Gasteiger partial charge in [0.05, 0.1) is 5.69 Å². The molecule has 5 heteroatoms. The molecule has 0 aliphatic carbocycles. The summed E-state index contributed by atoms with van der Waals surface area (Å²) >= 11 is 1.32. The Morgan fingerprint density at radius 1 is 0.839 bits per heavy atom. The number of aryl methyl sites for hydroxylation is 2. The fourth-order valence-corrected chi connectivity index (χ4v) is 4.55. The minimum Gasteiger partial charge on any atom is -0.350 e. The van der Waals surface area contributed by atoms with Crippen LogP contribution in [0.2, 0.25) is 0 Å². The highest BCUT2D eigenvalue weighted by molar-refractivity contribution is 8.04. The minimum absolute atomic E-state index is 0.302. The van der Waals surface area contributed by atoms with Crippen LogP contribution in [0.5, 0.6) is 0 Å². The lowest BCUT2D eigenvalue weighted by Gasteiger charge is -2.19. The molecule has 3 aromatic rings. The van der Waals surface area contributed by atoms with E-state index >= 15 is 0 Å². The number of benzene rings is 3. The van der Waals surface area contributed by atoms with Crippen LogP contribution in [0, 0.1) is 13.8 Å². The Hall–Kier alpha value is -3.31. The lowest BCUT2D eigenvalue weighted by Crippen LogP contribution is -2.33. The molecule has 2 amide bonds. The largest absolute Gasteiger partial charge is 0.350 e. The van der Waals surface area contributed by atoms with Gasteiger partial charge in [-0.3, -0.25) is 9.59 Å². The summed E-state index contributed by atoms with van der Waals surface area (Å²) in [6.45, 7) is 5.99. The minimum atomic E-state index is -0.331. The van der Waals surface area contributed by atoms with Gasteiger partial charge in [-0.05, 0) is 61.2 Å². The van der Waals surface area contributed by atoms with Gasteiger partial charge in [-0.2, -0.15) is 0 Å². The van der Waals surface area contributed by atoms with E-state index in [9.17, 15) is 9.59 Å². The van der Waals surface area contributed by atoms with Crippen molar-refractivity contribution < 1.29 is 9.59 Å². The van der Waals surface area contributed by atoms with Gasteiger partial charge in [0.2, 0.25) is 0 Å². The van der Waals surface area contributed by atoms with Gasteiger partial charge in [0.15, 0.2) is 0 Å².